The lowest BCUT2D eigenvalue weighted by atomic mass is 9.72. The molecule has 3 aliphatic heterocycles. The molecule has 3 saturated heterocycles. The van der Waals surface area contributed by atoms with Gasteiger partial charge >= 0.3 is 5.97 Å². The maximum Gasteiger partial charge on any atom is 0.311 e. The van der Waals surface area contributed by atoms with Crippen LogP contribution in [0.2, 0.25) is 0 Å². The number of likely N-dealkylation sites (N-methyl/N-ethyl adjacent to an activating group) is 1. The van der Waals surface area contributed by atoms with E-state index in [0.717, 1.165) is 24.3 Å². The fourth-order valence-electron chi connectivity index (χ4n) is 9.69. The number of aliphatic hydroxyl groups excluding tert-OH is 3. The summed E-state index contributed by atoms with van der Waals surface area (Å²) in [5.41, 5.74) is -5.17. The van der Waals surface area contributed by atoms with Crippen molar-refractivity contribution >= 4 is 16.0 Å². The first-order valence-corrected chi connectivity index (χ1v) is 22.9. The fraction of sp³-hybridized carbons (Fsp3) is 0.837. The minimum Gasteiger partial charge on any atom is -0.459 e. The Morgan fingerprint density at radius 3 is 2.08 bits per heavy atom. The van der Waals surface area contributed by atoms with Crippen molar-refractivity contribution in [1.82, 2.24) is 9.62 Å². The van der Waals surface area contributed by atoms with Gasteiger partial charge in [-0.05, 0) is 105 Å². The van der Waals surface area contributed by atoms with E-state index in [1.54, 1.807) is 41.5 Å². The first-order chi connectivity index (χ1) is 28.1. The van der Waals surface area contributed by atoms with Gasteiger partial charge in [-0.25, -0.2) is 17.5 Å². The molecule has 0 radical (unpaired) electrons. The normalized spacial score (nSPS) is 45.0. The lowest BCUT2D eigenvalue weighted by molar-refractivity contribution is -0.318. The van der Waals surface area contributed by atoms with Gasteiger partial charge in [0.2, 0.25) is 10.0 Å². The summed E-state index contributed by atoms with van der Waals surface area (Å²) in [5, 5.41) is 59.5. The second-order valence-corrected chi connectivity index (χ2v) is 20.5. The fourth-order valence-corrected chi connectivity index (χ4v) is 11.1. The predicted octanol–water partition coefficient (Wildman–Crippen LogP) is 2.70. The number of aliphatic hydroxyl groups is 5. The molecule has 1 aromatic carbocycles. The third-order valence-electron chi connectivity index (χ3n) is 13.5. The number of carbonyl (C=O) groups excluding carboxylic acids is 1. The minimum absolute atomic E-state index is 0.0394. The second kappa shape index (κ2) is 20.1. The molecule has 0 saturated carbocycles. The number of benzene rings is 1. The molecule has 352 valence electrons. The van der Waals surface area contributed by atoms with Crippen molar-refractivity contribution in [3.63, 3.8) is 0 Å². The predicted molar refractivity (Wildman–Crippen MR) is 222 cm³/mol. The van der Waals surface area contributed by atoms with E-state index in [4.69, 9.17) is 28.4 Å². The highest BCUT2D eigenvalue weighted by molar-refractivity contribution is 7.89. The van der Waals surface area contributed by atoms with Crippen molar-refractivity contribution in [1.29, 1.82) is 0 Å². The first-order valence-electron chi connectivity index (χ1n) is 21.4. The zero-order valence-corrected chi connectivity index (χ0v) is 38.8. The van der Waals surface area contributed by atoms with Gasteiger partial charge in [-0.2, -0.15) is 0 Å². The second-order valence-electron chi connectivity index (χ2n) is 18.8. The maximum absolute atomic E-state index is 14.4. The van der Waals surface area contributed by atoms with Crippen molar-refractivity contribution in [3.8, 4) is 0 Å². The Labute approximate surface area is 361 Å². The summed E-state index contributed by atoms with van der Waals surface area (Å²) in [6.07, 6.45) is -10.8. The van der Waals surface area contributed by atoms with Crippen molar-refractivity contribution in [2.24, 2.45) is 23.7 Å². The van der Waals surface area contributed by atoms with Crippen LogP contribution in [0.3, 0.4) is 0 Å². The van der Waals surface area contributed by atoms with E-state index in [-0.39, 0.29) is 30.3 Å². The SMILES string of the molecule is CCC1OC(=O)[C@H](C)C(O[C@H]2C[C@@](C)(OC)[C@@H](O)[C@H](C)O2)[C@H](C)[C@@H](O[C@@H]2O[C@H](C)C[C@H](N(C)C)[C@H]2O)[C@](C)(O)C[C@@H](C)[C@H](NS(=O)(=O)c2ccc(F)cc2)[C@H](C)[C@@H](O)[C@]1(C)O. The largest absolute Gasteiger partial charge is 0.459 e. The molecule has 0 bridgehead atoms. The number of hydrogen-bond donors (Lipinski definition) is 6. The average Bonchev–Trinajstić information content (AvgIpc) is 3.18. The molecule has 18 heteroatoms. The molecule has 4 rings (SSSR count). The van der Waals surface area contributed by atoms with Gasteiger partial charge in [-0.1, -0.05) is 27.7 Å². The molecule has 0 aromatic heterocycles. The molecule has 0 amide bonds. The van der Waals surface area contributed by atoms with Crippen molar-refractivity contribution in [2.75, 3.05) is 21.2 Å². The van der Waals surface area contributed by atoms with Gasteiger partial charge in [-0.15, -0.1) is 0 Å². The monoisotopic (exact) mass is 892 g/mol. The zero-order chi connectivity index (χ0) is 46.2. The van der Waals surface area contributed by atoms with Crippen LogP contribution in [0.25, 0.3) is 0 Å². The number of esters is 1. The van der Waals surface area contributed by atoms with Crippen molar-refractivity contribution in [2.45, 2.75) is 190 Å². The molecule has 3 heterocycles. The topological polar surface area (TPSA) is 223 Å². The van der Waals surface area contributed by atoms with Crippen LogP contribution in [-0.2, 0) is 43.2 Å². The molecule has 3 aliphatic rings. The molecule has 3 fully saturated rings. The number of hydrogen-bond acceptors (Lipinski definition) is 15. The number of cyclic esters (lactones) is 1. The first kappa shape index (κ1) is 51.7. The number of nitrogens with zero attached hydrogens (tertiary/aromatic N) is 1. The van der Waals surface area contributed by atoms with Gasteiger partial charge in [0.15, 0.2) is 12.6 Å². The highest BCUT2D eigenvalue weighted by atomic mass is 32.2. The Morgan fingerprint density at radius 2 is 1.52 bits per heavy atom. The summed E-state index contributed by atoms with van der Waals surface area (Å²) >= 11 is 0. The minimum atomic E-state index is -4.40. The Hall–Kier alpha value is -1.91. The summed E-state index contributed by atoms with van der Waals surface area (Å²) in [5.74, 6) is -5.48. The Bertz CT molecular complexity index is 1700. The molecule has 2 unspecified atom stereocenters. The van der Waals surface area contributed by atoms with Crippen LogP contribution in [0.1, 0.15) is 94.9 Å². The van der Waals surface area contributed by atoms with Gasteiger partial charge < -0.3 is 58.9 Å². The molecule has 16 nitrogen and oxygen atoms in total. The van der Waals surface area contributed by atoms with Crippen LogP contribution in [0.4, 0.5) is 4.39 Å². The highest BCUT2D eigenvalue weighted by Gasteiger charge is 2.54. The number of rotatable bonds is 10. The average molecular weight is 893 g/mol. The molecule has 0 spiro atoms. The van der Waals surface area contributed by atoms with Crippen LogP contribution in [0, 0.1) is 29.5 Å². The number of ether oxygens (including phenoxy) is 6. The Morgan fingerprint density at radius 1 is 0.918 bits per heavy atom. The van der Waals surface area contributed by atoms with E-state index >= 15 is 0 Å². The lowest BCUT2D eigenvalue weighted by Gasteiger charge is -2.49. The summed E-state index contributed by atoms with van der Waals surface area (Å²) in [4.78, 5) is 16.0. The molecule has 6 N–H and O–H groups in total. The summed E-state index contributed by atoms with van der Waals surface area (Å²) in [6.45, 7) is 16.2. The number of nitrogens with one attached hydrogen (secondary N) is 1. The van der Waals surface area contributed by atoms with E-state index in [9.17, 15) is 43.1 Å². The van der Waals surface area contributed by atoms with Crippen molar-refractivity contribution < 1.29 is 71.6 Å². The molecule has 1 aromatic rings. The van der Waals surface area contributed by atoms with Crippen LogP contribution in [0.5, 0.6) is 0 Å². The quantitative estimate of drug-likeness (QED) is 0.186. The molecular formula is C43H73FN2O14S. The molecule has 0 aliphatic carbocycles. The summed E-state index contributed by atoms with van der Waals surface area (Å²) in [6, 6.07) is 2.61. The summed E-state index contributed by atoms with van der Waals surface area (Å²) in [7, 11) is 0.700. The third-order valence-corrected chi connectivity index (χ3v) is 15.0. The van der Waals surface area contributed by atoms with Crippen LogP contribution in [-0.4, -0.2) is 156 Å². The molecule has 61 heavy (non-hydrogen) atoms. The maximum atomic E-state index is 14.4. The number of halogens is 1. The van der Waals surface area contributed by atoms with E-state index in [0.29, 0.717) is 6.42 Å². The lowest BCUT2D eigenvalue weighted by Crippen LogP contribution is -2.62. The standard InChI is InChI=1S/C43H73FN2O14S/c1-14-31-43(10,52)36(48)24(4)33(45-61(53,54)29-17-15-28(44)16-18-29)22(2)20-41(8,51)38(60-40-34(47)30(46(11)12)19-23(3)56-40)25(5)35(26(6)39(50)58-31)59-32-21-42(9,55-13)37(49)27(7)57-32/h15-18,22-27,30-38,40,45,47-49,51-52H,14,19-21H2,1-13H3/t22-,23-,24+,25+,26-,27+,30+,31?,32+,33+,34-,35?,36-,37+,38-,40+,41-,42-,43-/m1/s1. The Kier molecular flexibility index (Phi) is 17.0. The van der Waals surface area contributed by atoms with E-state index in [2.05, 4.69) is 4.72 Å². The van der Waals surface area contributed by atoms with Crippen LogP contribution in [0.15, 0.2) is 29.2 Å². The van der Waals surface area contributed by atoms with Crippen molar-refractivity contribution in [3.05, 3.63) is 30.1 Å². The smallest absolute Gasteiger partial charge is 0.311 e. The Balaban J connectivity index is 1.91. The van der Waals surface area contributed by atoms with Gasteiger partial charge in [0.1, 0.15) is 29.7 Å². The molecular weight excluding hydrogens is 820 g/mol. The van der Waals surface area contributed by atoms with Gasteiger partial charge in [0.25, 0.3) is 0 Å². The number of methoxy groups -OCH3 is 1. The van der Waals surface area contributed by atoms with E-state index < -0.39 is 130 Å². The van der Waals surface area contributed by atoms with Gasteiger partial charge in [0, 0.05) is 37.5 Å². The van der Waals surface area contributed by atoms with Crippen LogP contribution >= 0.6 is 0 Å². The summed E-state index contributed by atoms with van der Waals surface area (Å²) < 4.78 is 82.0. The van der Waals surface area contributed by atoms with E-state index in [1.807, 2.05) is 25.9 Å². The van der Waals surface area contributed by atoms with E-state index in [1.165, 1.54) is 27.9 Å². The number of carbonyl (C=O) groups is 1. The molecule has 19 atom stereocenters. The number of sulfonamides is 1. The zero-order valence-electron chi connectivity index (χ0n) is 38.0. The van der Waals surface area contributed by atoms with Gasteiger partial charge in [-0.3, -0.25) is 4.79 Å². The van der Waals surface area contributed by atoms with Gasteiger partial charge in [0.05, 0.1) is 52.5 Å². The third kappa shape index (κ3) is 11.5. The van der Waals surface area contributed by atoms with Crippen LogP contribution < -0.4 is 4.72 Å². The highest BCUT2D eigenvalue weighted by Crippen LogP contribution is 2.41.